The molecular weight excluding hydrogens is 440 g/mol. The molecule has 0 saturated carbocycles. The summed E-state index contributed by atoms with van der Waals surface area (Å²) in [7, 11) is 0. The maximum Gasteiger partial charge on any atom is 0.311 e. The first kappa shape index (κ1) is 31.0. The Morgan fingerprint density at radius 1 is 0.629 bits per heavy atom. The lowest BCUT2D eigenvalue weighted by molar-refractivity contribution is -0.137. The molecule has 0 heterocycles. The second kappa shape index (κ2) is 18.3. The quantitative estimate of drug-likeness (QED) is 0.110. The van der Waals surface area contributed by atoms with Crippen molar-refractivity contribution in [3.8, 4) is 17.2 Å². The molecule has 1 aromatic carbocycles. The summed E-state index contributed by atoms with van der Waals surface area (Å²) in [5.74, 6) is 0.214. The Bertz CT molecular complexity index is 720. The van der Waals surface area contributed by atoms with Crippen LogP contribution in [0.4, 0.5) is 0 Å². The van der Waals surface area contributed by atoms with Crippen LogP contribution in [-0.2, 0) is 9.59 Å². The minimum atomic E-state index is -0.486. The topological polar surface area (TPSA) is 61.8 Å². The van der Waals surface area contributed by atoms with Crippen molar-refractivity contribution in [2.24, 2.45) is 0 Å². The summed E-state index contributed by atoms with van der Waals surface area (Å²) in [6.07, 6.45) is 16.5. The van der Waals surface area contributed by atoms with E-state index in [4.69, 9.17) is 14.2 Å². The SMILES string of the molecule is CCCCCCCCCC(=O)Oc1cccc(OC(C)(C)C)c1OC(=O)CCCCCCCCC. The van der Waals surface area contributed by atoms with Gasteiger partial charge in [0, 0.05) is 12.8 Å². The number of hydrogen-bond donors (Lipinski definition) is 0. The van der Waals surface area contributed by atoms with Gasteiger partial charge in [0.25, 0.3) is 0 Å². The van der Waals surface area contributed by atoms with Crippen LogP contribution < -0.4 is 14.2 Å². The maximum atomic E-state index is 12.6. The zero-order chi connectivity index (χ0) is 25.9. The lowest BCUT2D eigenvalue weighted by atomic mass is 10.1. The molecule has 0 aliphatic carbocycles. The molecule has 200 valence electrons. The van der Waals surface area contributed by atoms with E-state index < -0.39 is 5.60 Å². The van der Waals surface area contributed by atoms with Crippen molar-refractivity contribution in [3.63, 3.8) is 0 Å². The van der Waals surface area contributed by atoms with Crippen LogP contribution in [0.5, 0.6) is 17.2 Å². The molecule has 5 heteroatoms. The van der Waals surface area contributed by atoms with E-state index >= 15 is 0 Å². The predicted molar refractivity (Wildman–Crippen MR) is 143 cm³/mol. The molecule has 0 aliphatic heterocycles. The van der Waals surface area contributed by atoms with E-state index in [9.17, 15) is 9.59 Å². The summed E-state index contributed by atoms with van der Waals surface area (Å²) in [6.45, 7) is 10.2. The number of benzene rings is 1. The van der Waals surface area contributed by atoms with Crippen LogP contribution in [0.25, 0.3) is 0 Å². The fourth-order valence-corrected chi connectivity index (χ4v) is 3.88. The number of carbonyl (C=O) groups excluding carboxylic acids is 2. The zero-order valence-electron chi connectivity index (χ0n) is 23.1. The highest BCUT2D eigenvalue weighted by Gasteiger charge is 2.22. The summed E-state index contributed by atoms with van der Waals surface area (Å²) >= 11 is 0. The average molecular weight is 491 g/mol. The van der Waals surface area contributed by atoms with Gasteiger partial charge in [-0.1, -0.05) is 97.0 Å². The van der Waals surface area contributed by atoms with Gasteiger partial charge in [0.2, 0.25) is 5.75 Å². The van der Waals surface area contributed by atoms with Gasteiger partial charge in [-0.15, -0.1) is 0 Å². The van der Waals surface area contributed by atoms with E-state index in [1.807, 2.05) is 20.8 Å². The van der Waals surface area contributed by atoms with Crippen LogP contribution in [-0.4, -0.2) is 17.5 Å². The fraction of sp³-hybridized carbons (Fsp3) is 0.733. The summed E-state index contributed by atoms with van der Waals surface area (Å²) < 4.78 is 17.4. The molecule has 35 heavy (non-hydrogen) atoms. The fourth-order valence-electron chi connectivity index (χ4n) is 3.88. The Balaban J connectivity index is 2.66. The molecule has 0 unspecified atom stereocenters. The molecule has 0 aliphatic rings. The first-order valence-corrected chi connectivity index (χ1v) is 14.0. The molecule has 0 saturated heterocycles. The summed E-state index contributed by atoms with van der Waals surface area (Å²) in [6, 6.07) is 5.16. The van der Waals surface area contributed by atoms with Gasteiger partial charge in [0.05, 0.1) is 0 Å². The minimum Gasteiger partial charge on any atom is -0.484 e. The molecule has 1 rings (SSSR count). The summed E-state index contributed by atoms with van der Waals surface area (Å²) in [4.78, 5) is 25.1. The van der Waals surface area contributed by atoms with E-state index in [1.54, 1.807) is 18.2 Å². The largest absolute Gasteiger partial charge is 0.484 e. The molecule has 0 N–H and O–H groups in total. The van der Waals surface area contributed by atoms with E-state index in [0.717, 1.165) is 38.5 Å². The third kappa shape index (κ3) is 15.5. The van der Waals surface area contributed by atoms with Gasteiger partial charge in [0.15, 0.2) is 11.5 Å². The number of esters is 2. The molecule has 0 fully saturated rings. The molecule has 0 amide bonds. The second-order valence-corrected chi connectivity index (χ2v) is 10.5. The van der Waals surface area contributed by atoms with Gasteiger partial charge >= 0.3 is 11.9 Å². The van der Waals surface area contributed by atoms with Crippen LogP contribution in [0.3, 0.4) is 0 Å². The summed E-state index contributed by atoms with van der Waals surface area (Å²) in [5, 5.41) is 0. The predicted octanol–water partition coefficient (Wildman–Crippen LogP) is 8.96. The highest BCUT2D eigenvalue weighted by Crippen LogP contribution is 2.39. The Kier molecular flexibility index (Phi) is 16.2. The first-order chi connectivity index (χ1) is 16.8. The third-order valence-electron chi connectivity index (χ3n) is 5.77. The standard InChI is InChI=1S/C30H50O5/c1-6-8-10-12-14-16-18-23-27(31)33-25-21-20-22-26(35-30(3,4)5)29(25)34-28(32)24-19-17-15-13-11-9-7-2/h20-22H,6-19,23-24H2,1-5H3. The Hall–Kier alpha value is -2.04. The van der Waals surface area contributed by atoms with E-state index in [2.05, 4.69) is 13.8 Å². The second-order valence-electron chi connectivity index (χ2n) is 10.5. The molecule has 0 radical (unpaired) electrons. The van der Waals surface area contributed by atoms with Gasteiger partial charge in [0.1, 0.15) is 5.60 Å². The minimum absolute atomic E-state index is 0.197. The molecule has 5 nitrogen and oxygen atoms in total. The van der Waals surface area contributed by atoms with Gasteiger partial charge < -0.3 is 14.2 Å². The zero-order valence-corrected chi connectivity index (χ0v) is 23.1. The number of carbonyl (C=O) groups is 2. The lowest BCUT2D eigenvalue weighted by Gasteiger charge is -2.23. The maximum absolute atomic E-state index is 12.6. The highest BCUT2D eigenvalue weighted by molar-refractivity contribution is 5.77. The molecule has 1 aromatic rings. The monoisotopic (exact) mass is 490 g/mol. The Labute approximate surface area is 214 Å². The smallest absolute Gasteiger partial charge is 0.311 e. The third-order valence-corrected chi connectivity index (χ3v) is 5.77. The van der Waals surface area contributed by atoms with Crippen LogP contribution in [0.15, 0.2) is 18.2 Å². The van der Waals surface area contributed by atoms with Crippen molar-refractivity contribution in [3.05, 3.63) is 18.2 Å². The van der Waals surface area contributed by atoms with Gasteiger partial charge in [-0.2, -0.15) is 0 Å². The van der Waals surface area contributed by atoms with Crippen LogP contribution in [0.1, 0.15) is 137 Å². The highest BCUT2D eigenvalue weighted by atomic mass is 16.6. The summed E-state index contributed by atoms with van der Waals surface area (Å²) in [5.41, 5.74) is -0.486. The average Bonchev–Trinajstić information content (AvgIpc) is 2.79. The van der Waals surface area contributed by atoms with Crippen LogP contribution >= 0.6 is 0 Å². The van der Waals surface area contributed by atoms with Crippen molar-refractivity contribution in [1.29, 1.82) is 0 Å². The Morgan fingerprint density at radius 3 is 1.54 bits per heavy atom. The number of para-hydroxylation sites is 1. The van der Waals surface area contributed by atoms with Crippen molar-refractivity contribution < 1.29 is 23.8 Å². The van der Waals surface area contributed by atoms with Crippen molar-refractivity contribution in [1.82, 2.24) is 0 Å². The molecule has 0 bridgehead atoms. The Morgan fingerprint density at radius 2 is 1.06 bits per heavy atom. The normalized spacial score (nSPS) is 11.3. The number of hydrogen-bond acceptors (Lipinski definition) is 5. The van der Waals surface area contributed by atoms with Gasteiger partial charge in [-0.05, 0) is 45.7 Å². The molecule has 0 spiro atoms. The van der Waals surface area contributed by atoms with E-state index in [1.165, 1.54) is 51.4 Å². The molecule has 0 atom stereocenters. The molecule has 0 aromatic heterocycles. The van der Waals surface area contributed by atoms with Crippen molar-refractivity contribution >= 4 is 11.9 Å². The van der Waals surface area contributed by atoms with Crippen molar-refractivity contribution in [2.45, 2.75) is 143 Å². The number of rotatable bonds is 19. The van der Waals surface area contributed by atoms with E-state index in [0.29, 0.717) is 18.6 Å². The van der Waals surface area contributed by atoms with Gasteiger partial charge in [-0.25, -0.2) is 0 Å². The lowest BCUT2D eigenvalue weighted by Crippen LogP contribution is -2.24. The van der Waals surface area contributed by atoms with Crippen LogP contribution in [0.2, 0.25) is 0 Å². The van der Waals surface area contributed by atoms with Gasteiger partial charge in [-0.3, -0.25) is 9.59 Å². The number of ether oxygens (including phenoxy) is 3. The first-order valence-electron chi connectivity index (χ1n) is 14.0. The van der Waals surface area contributed by atoms with Crippen molar-refractivity contribution in [2.75, 3.05) is 0 Å². The van der Waals surface area contributed by atoms with Crippen LogP contribution in [0, 0.1) is 0 Å². The number of unbranched alkanes of at least 4 members (excludes halogenated alkanes) is 12. The molecular formula is C30H50O5. The van der Waals surface area contributed by atoms with E-state index in [-0.39, 0.29) is 23.4 Å².